The topological polar surface area (TPSA) is 120 Å². The molecule has 0 radical (unpaired) electrons. The summed E-state index contributed by atoms with van der Waals surface area (Å²) in [4.78, 5) is 27.9. The van der Waals surface area contributed by atoms with Gasteiger partial charge in [0.25, 0.3) is 0 Å². The minimum absolute atomic E-state index is 0.619. The van der Waals surface area contributed by atoms with E-state index < -0.39 is 14.3 Å². The third-order valence-electron chi connectivity index (χ3n) is 1.45. The molecule has 0 fully saturated rings. The predicted molar refractivity (Wildman–Crippen MR) is 61.6 cm³/mol. The molecular weight excluding hydrogens is 254 g/mol. The Morgan fingerprint density at radius 3 is 1.75 bits per heavy atom. The maximum absolute atomic E-state index is 10.0. The fraction of sp³-hybridized carbons (Fsp3) is 0.286. The highest BCUT2D eigenvalue weighted by molar-refractivity contribution is 8.28. The molecule has 7 nitrogen and oxygen atoms in total. The van der Waals surface area contributed by atoms with Crippen LogP contribution in [0.1, 0.15) is 0 Å². The van der Waals surface area contributed by atoms with Gasteiger partial charge in [-0.05, 0) is 12.1 Å². The lowest BCUT2D eigenvalue weighted by Gasteiger charge is -2.04. The summed E-state index contributed by atoms with van der Waals surface area (Å²) in [5.74, 6) is 0. The number of aromatic nitrogens is 1. The van der Waals surface area contributed by atoms with Crippen LogP contribution in [0.2, 0.25) is 0 Å². The molecule has 0 spiro atoms. The summed E-state index contributed by atoms with van der Waals surface area (Å²) < 4.78 is 19.9. The Morgan fingerprint density at radius 2 is 1.56 bits per heavy atom. The molecule has 1 rings (SSSR count). The van der Waals surface area contributed by atoms with E-state index in [-0.39, 0.29) is 0 Å². The SMILES string of the molecule is CNc1ccncc1.CP(=O)(O)P(=O)(O)O. The van der Waals surface area contributed by atoms with Gasteiger partial charge in [0, 0.05) is 31.8 Å². The molecule has 0 bridgehead atoms. The molecule has 1 heterocycles. The van der Waals surface area contributed by atoms with Gasteiger partial charge in [-0.15, -0.1) is 0 Å². The molecule has 1 atom stereocenters. The molecule has 0 amide bonds. The molecule has 0 aliphatic heterocycles. The van der Waals surface area contributed by atoms with Crippen LogP contribution in [0.15, 0.2) is 24.5 Å². The number of nitrogens with one attached hydrogen (secondary N) is 1. The maximum atomic E-state index is 10.0. The zero-order valence-electron chi connectivity index (χ0n) is 8.81. The summed E-state index contributed by atoms with van der Waals surface area (Å²) in [6.45, 7) is 0.619. The van der Waals surface area contributed by atoms with Crippen molar-refractivity contribution in [1.29, 1.82) is 0 Å². The fourth-order valence-corrected chi connectivity index (χ4v) is 0.519. The molecule has 9 heteroatoms. The number of hydrogen-bond donors (Lipinski definition) is 4. The molecular formula is C7H14N2O5P2. The van der Waals surface area contributed by atoms with Crippen LogP contribution in [0.25, 0.3) is 0 Å². The lowest BCUT2D eigenvalue weighted by molar-refractivity contribution is 0.378. The second-order valence-electron chi connectivity index (χ2n) is 2.83. The van der Waals surface area contributed by atoms with Gasteiger partial charge in [-0.25, -0.2) is 4.57 Å². The first-order valence-electron chi connectivity index (χ1n) is 4.12. The van der Waals surface area contributed by atoms with E-state index in [0.29, 0.717) is 6.66 Å². The normalized spacial score (nSPS) is 14.3. The van der Waals surface area contributed by atoms with Crippen LogP contribution >= 0.6 is 14.3 Å². The van der Waals surface area contributed by atoms with Crippen molar-refractivity contribution in [2.24, 2.45) is 0 Å². The first-order chi connectivity index (χ1) is 7.18. The Labute approximate surface area is 93.1 Å². The number of pyridine rings is 1. The summed E-state index contributed by atoms with van der Waals surface area (Å²) in [6, 6.07) is 3.83. The molecule has 0 aliphatic rings. The number of rotatable bonds is 2. The van der Waals surface area contributed by atoms with Gasteiger partial charge in [0.1, 0.15) is 0 Å². The number of hydrogen-bond acceptors (Lipinski definition) is 4. The summed E-state index contributed by atoms with van der Waals surface area (Å²) in [5, 5.41) is 2.99. The van der Waals surface area contributed by atoms with Gasteiger partial charge in [-0.2, -0.15) is 0 Å². The quantitative estimate of drug-likeness (QED) is 0.593. The third kappa shape index (κ3) is 6.00. The minimum atomic E-state index is -4.74. The van der Waals surface area contributed by atoms with Gasteiger partial charge in [0.2, 0.25) is 0 Å². The lowest BCUT2D eigenvalue weighted by Crippen LogP contribution is -1.85. The first-order valence-corrected chi connectivity index (χ1v) is 8.55. The van der Waals surface area contributed by atoms with E-state index in [9.17, 15) is 9.13 Å². The molecule has 0 saturated carbocycles. The van der Waals surface area contributed by atoms with E-state index in [2.05, 4.69) is 10.3 Å². The van der Waals surface area contributed by atoms with Gasteiger partial charge in [-0.1, -0.05) is 0 Å². The zero-order chi connectivity index (χ0) is 12.8. The Balaban J connectivity index is 0.000000281. The van der Waals surface area contributed by atoms with Crippen molar-refractivity contribution >= 4 is 20.0 Å². The summed E-state index contributed by atoms with van der Waals surface area (Å²) >= 11 is 0. The Morgan fingerprint density at radius 1 is 1.19 bits per heavy atom. The van der Waals surface area contributed by atoms with Gasteiger partial charge in [0.15, 0.2) is 0 Å². The lowest BCUT2D eigenvalue weighted by atomic mass is 10.4. The molecule has 1 aromatic rings. The van der Waals surface area contributed by atoms with Crippen molar-refractivity contribution < 1.29 is 23.8 Å². The minimum Gasteiger partial charge on any atom is -0.388 e. The second-order valence-corrected chi connectivity index (χ2v) is 9.32. The summed E-state index contributed by atoms with van der Waals surface area (Å²) in [7, 11) is -7.04. The molecule has 4 N–H and O–H groups in total. The van der Waals surface area contributed by atoms with Crippen LogP contribution in [-0.2, 0) is 9.13 Å². The highest BCUT2D eigenvalue weighted by Crippen LogP contribution is 2.71. The van der Waals surface area contributed by atoms with Crippen molar-refractivity contribution in [2.45, 2.75) is 0 Å². The highest BCUT2D eigenvalue weighted by Gasteiger charge is 2.33. The zero-order valence-corrected chi connectivity index (χ0v) is 10.6. The van der Waals surface area contributed by atoms with Crippen molar-refractivity contribution in [1.82, 2.24) is 4.98 Å². The van der Waals surface area contributed by atoms with Crippen LogP contribution in [0, 0.1) is 0 Å². The summed E-state index contributed by atoms with van der Waals surface area (Å²) in [6.07, 6.45) is 3.51. The molecule has 0 aliphatic carbocycles. The fourth-order valence-electron chi connectivity index (χ4n) is 0.519. The third-order valence-corrected chi connectivity index (χ3v) is 5.32. The van der Waals surface area contributed by atoms with Crippen LogP contribution in [-0.4, -0.2) is 33.4 Å². The van der Waals surface area contributed by atoms with Crippen LogP contribution in [0.4, 0.5) is 5.69 Å². The molecule has 1 aromatic heterocycles. The molecule has 16 heavy (non-hydrogen) atoms. The molecule has 92 valence electrons. The van der Waals surface area contributed by atoms with Crippen molar-refractivity contribution in [3.05, 3.63) is 24.5 Å². The largest absolute Gasteiger partial charge is 0.407 e. The monoisotopic (exact) mass is 268 g/mol. The second kappa shape index (κ2) is 6.13. The number of anilines is 1. The molecule has 1 unspecified atom stereocenters. The van der Waals surface area contributed by atoms with Gasteiger partial charge < -0.3 is 20.0 Å². The van der Waals surface area contributed by atoms with E-state index >= 15 is 0 Å². The molecule has 0 aromatic carbocycles. The van der Waals surface area contributed by atoms with Crippen LogP contribution in [0.3, 0.4) is 0 Å². The van der Waals surface area contributed by atoms with Gasteiger partial charge in [-0.3, -0.25) is 9.55 Å². The van der Waals surface area contributed by atoms with Crippen molar-refractivity contribution in [3.63, 3.8) is 0 Å². The standard InChI is InChI=1S/C6H8N2.CH6O5P2/c1-7-6-2-4-8-5-3-6;1-7(2,3)8(4,5)6/h2-5H,1H3,(H,7,8);1H3,(H,2,3)(H2,4,5,6). The average molecular weight is 268 g/mol. The first kappa shape index (κ1) is 15.3. The maximum Gasteiger partial charge on any atom is 0.407 e. The van der Waals surface area contributed by atoms with Crippen LogP contribution < -0.4 is 5.32 Å². The summed E-state index contributed by atoms with van der Waals surface area (Å²) in [5.41, 5.74) is 1.10. The van der Waals surface area contributed by atoms with Crippen molar-refractivity contribution in [3.8, 4) is 0 Å². The van der Waals surface area contributed by atoms with Crippen molar-refractivity contribution in [2.75, 3.05) is 19.0 Å². The van der Waals surface area contributed by atoms with E-state index in [1.165, 1.54) is 0 Å². The average Bonchev–Trinajstić information content (AvgIpc) is 2.17. The Hall–Kier alpha value is -0.710. The smallest absolute Gasteiger partial charge is 0.388 e. The van der Waals surface area contributed by atoms with Gasteiger partial charge >= 0.3 is 14.3 Å². The highest BCUT2D eigenvalue weighted by atomic mass is 32.1. The van der Waals surface area contributed by atoms with Crippen LogP contribution in [0.5, 0.6) is 0 Å². The van der Waals surface area contributed by atoms with E-state index in [1.807, 2.05) is 19.2 Å². The number of nitrogens with zero attached hydrogens (tertiary/aromatic N) is 1. The van der Waals surface area contributed by atoms with E-state index in [4.69, 9.17) is 14.7 Å². The van der Waals surface area contributed by atoms with E-state index in [1.54, 1.807) is 12.4 Å². The Kier molecular flexibility index (Phi) is 5.86. The Bertz CT molecular complexity index is 378. The molecule has 0 saturated heterocycles. The van der Waals surface area contributed by atoms with E-state index in [0.717, 1.165) is 5.69 Å². The van der Waals surface area contributed by atoms with Gasteiger partial charge in [0.05, 0.1) is 0 Å². The predicted octanol–water partition coefficient (Wildman–Crippen LogP) is 1.10.